The Morgan fingerprint density at radius 1 is 1.05 bits per heavy atom. The second kappa shape index (κ2) is 5.17. The molecular weight excluding hydrogens is 236 g/mol. The highest BCUT2D eigenvalue weighted by Gasteiger charge is 2.06. The lowest BCUT2D eigenvalue weighted by Crippen LogP contribution is -2.08. The third kappa shape index (κ3) is 3.60. The van der Waals surface area contributed by atoms with E-state index in [1.807, 2.05) is 57.2 Å². The maximum absolute atomic E-state index is 11.9. The van der Waals surface area contributed by atoms with Crippen LogP contribution in [0.5, 0.6) is 0 Å². The van der Waals surface area contributed by atoms with Gasteiger partial charge in [0.05, 0.1) is 11.5 Å². The van der Waals surface area contributed by atoms with Gasteiger partial charge in [0, 0.05) is 5.56 Å². The van der Waals surface area contributed by atoms with Crippen LogP contribution in [0.4, 0.5) is 0 Å². The first-order valence-corrected chi connectivity index (χ1v) is 6.16. The summed E-state index contributed by atoms with van der Waals surface area (Å²) >= 11 is 0. The minimum absolute atomic E-state index is 0.271. The van der Waals surface area contributed by atoms with Crippen molar-refractivity contribution in [2.75, 3.05) is 0 Å². The van der Waals surface area contributed by atoms with Crippen molar-refractivity contribution in [3.63, 3.8) is 0 Å². The molecule has 0 aromatic heterocycles. The Morgan fingerprint density at radius 2 is 1.74 bits per heavy atom. The number of carbonyl (C=O) groups excluding carboxylic acids is 1. The number of aliphatic imine (C=N–C) groups is 2. The summed E-state index contributed by atoms with van der Waals surface area (Å²) in [5.74, 6) is -0.321. The molecule has 1 amide bonds. The second-order valence-electron chi connectivity index (χ2n) is 5.36. The van der Waals surface area contributed by atoms with Crippen LogP contribution in [-0.4, -0.2) is 17.5 Å². The van der Waals surface area contributed by atoms with Gasteiger partial charge in [-0.05, 0) is 43.7 Å². The van der Waals surface area contributed by atoms with Gasteiger partial charge in [-0.2, -0.15) is 0 Å². The number of benzene rings is 2. The van der Waals surface area contributed by atoms with Crippen molar-refractivity contribution < 1.29 is 4.79 Å². The van der Waals surface area contributed by atoms with Gasteiger partial charge in [0.2, 0.25) is 0 Å². The van der Waals surface area contributed by atoms with Crippen LogP contribution in [-0.2, 0) is 0 Å². The molecule has 3 heteroatoms. The fourth-order valence-corrected chi connectivity index (χ4v) is 1.61. The quantitative estimate of drug-likeness (QED) is 0.708. The summed E-state index contributed by atoms with van der Waals surface area (Å²) in [6.07, 6.45) is 0. The number of rotatable bonds is 1. The lowest BCUT2D eigenvalue weighted by molar-refractivity contribution is 0.100. The molecule has 0 spiro atoms. The van der Waals surface area contributed by atoms with E-state index in [0.29, 0.717) is 5.56 Å². The molecule has 0 saturated carbocycles. The van der Waals surface area contributed by atoms with E-state index in [9.17, 15) is 4.79 Å². The highest BCUT2D eigenvalue weighted by Crippen LogP contribution is 2.16. The van der Waals surface area contributed by atoms with E-state index in [-0.39, 0.29) is 11.4 Å². The molecule has 0 fully saturated rings. The van der Waals surface area contributed by atoms with E-state index in [0.717, 1.165) is 10.8 Å². The molecule has 96 valence electrons. The zero-order valence-electron chi connectivity index (χ0n) is 11.3. The third-order valence-electron chi connectivity index (χ3n) is 2.53. The molecular formula is C16H16N2O. The van der Waals surface area contributed by atoms with Crippen LogP contribution in [0.15, 0.2) is 52.4 Å². The number of hydrogen-bond donors (Lipinski definition) is 0. The van der Waals surface area contributed by atoms with Gasteiger partial charge in [-0.3, -0.25) is 4.79 Å². The summed E-state index contributed by atoms with van der Waals surface area (Å²) in [7, 11) is 0. The topological polar surface area (TPSA) is 41.8 Å². The van der Waals surface area contributed by atoms with E-state index >= 15 is 0 Å². The van der Waals surface area contributed by atoms with Crippen molar-refractivity contribution in [3.05, 3.63) is 48.0 Å². The van der Waals surface area contributed by atoms with Crippen LogP contribution in [0.2, 0.25) is 0 Å². The van der Waals surface area contributed by atoms with Gasteiger partial charge in [-0.15, -0.1) is 4.99 Å². The third-order valence-corrected chi connectivity index (χ3v) is 2.53. The fraction of sp³-hybridized carbons (Fsp3) is 0.250. The van der Waals surface area contributed by atoms with Gasteiger partial charge in [0.1, 0.15) is 0 Å². The summed E-state index contributed by atoms with van der Waals surface area (Å²) < 4.78 is 0. The monoisotopic (exact) mass is 252 g/mol. The van der Waals surface area contributed by atoms with Crippen LogP contribution in [0.3, 0.4) is 0 Å². The number of amides is 1. The summed E-state index contributed by atoms with van der Waals surface area (Å²) in [6.45, 7) is 5.78. The smallest absolute Gasteiger partial charge is 0.266 e. The Balaban J connectivity index is 2.30. The van der Waals surface area contributed by atoms with Crippen LogP contribution < -0.4 is 0 Å². The first-order chi connectivity index (χ1) is 8.96. The molecule has 0 unspecified atom stereocenters. The van der Waals surface area contributed by atoms with Crippen LogP contribution >= 0.6 is 0 Å². The normalized spacial score (nSPS) is 10.9. The summed E-state index contributed by atoms with van der Waals surface area (Å²) in [5.41, 5.74) is 0.281. The zero-order valence-corrected chi connectivity index (χ0v) is 11.3. The molecule has 0 N–H and O–H groups in total. The molecule has 0 aliphatic carbocycles. The molecule has 19 heavy (non-hydrogen) atoms. The van der Waals surface area contributed by atoms with Gasteiger partial charge in [0.15, 0.2) is 0 Å². The Kier molecular flexibility index (Phi) is 3.59. The fourth-order valence-electron chi connectivity index (χ4n) is 1.61. The van der Waals surface area contributed by atoms with Crippen LogP contribution in [0.1, 0.15) is 31.1 Å². The molecule has 3 nitrogen and oxygen atoms in total. The average molecular weight is 252 g/mol. The van der Waals surface area contributed by atoms with E-state index in [1.54, 1.807) is 6.07 Å². The first kappa shape index (κ1) is 13.2. The largest absolute Gasteiger partial charge is 0.286 e. The van der Waals surface area contributed by atoms with Gasteiger partial charge in [-0.1, -0.05) is 30.3 Å². The molecule has 0 aliphatic rings. The molecule has 2 aromatic rings. The van der Waals surface area contributed by atoms with E-state index in [2.05, 4.69) is 16.0 Å². The standard InChI is InChI=1S/C16H16N2O/c1-16(2,3)18-11-17-15(19)14-9-8-12-6-4-5-7-13(12)10-14/h4-10H,1-3H3. The van der Waals surface area contributed by atoms with Crippen molar-refractivity contribution in [2.45, 2.75) is 26.3 Å². The van der Waals surface area contributed by atoms with Crippen molar-refractivity contribution in [1.29, 1.82) is 0 Å². The SMILES string of the molecule is CC(C)(C)N=C=NC(=O)c1ccc2ccccc2c1. The van der Waals surface area contributed by atoms with Crippen molar-refractivity contribution in [1.82, 2.24) is 0 Å². The Labute approximate surface area is 112 Å². The lowest BCUT2D eigenvalue weighted by Gasteiger charge is -2.06. The number of fused-ring (bicyclic) bond motifs is 1. The molecule has 0 atom stereocenters. The minimum Gasteiger partial charge on any atom is -0.266 e. The van der Waals surface area contributed by atoms with Crippen LogP contribution in [0, 0.1) is 0 Å². The number of carbonyl (C=O) groups is 1. The Hall–Kier alpha value is -2.25. The lowest BCUT2D eigenvalue weighted by atomic mass is 10.1. The highest BCUT2D eigenvalue weighted by atomic mass is 16.1. The maximum atomic E-state index is 11.9. The zero-order chi connectivity index (χ0) is 13.9. The summed E-state index contributed by atoms with van der Waals surface area (Å²) in [5, 5.41) is 2.13. The average Bonchev–Trinajstić information content (AvgIpc) is 2.36. The predicted molar refractivity (Wildman–Crippen MR) is 77.9 cm³/mol. The molecule has 0 heterocycles. The van der Waals surface area contributed by atoms with Crippen molar-refractivity contribution >= 4 is 22.7 Å². The first-order valence-electron chi connectivity index (χ1n) is 6.16. The molecule has 0 aliphatic heterocycles. The highest BCUT2D eigenvalue weighted by molar-refractivity contribution is 6.01. The number of hydrogen-bond acceptors (Lipinski definition) is 2. The predicted octanol–water partition coefficient (Wildman–Crippen LogP) is 3.95. The van der Waals surface area contributed by atoms with Gasteiger partial charge < -0.3 is 0 Å². The van der Waals surface area contributed by atoms with Crippen LogP contribution in [0.25, 0.3) is 10.8 Å². The molecule has 0 bridgehead atoms. The molecule has 2 aromatic carbocycles. The number of nitrogens with zero attached hydrogens (tertiary/aromatic N) is 2. The van der Waals surface area contributed by atoms with Crippen molar-refractivity contribution in [3.8, 4) is 0 Å². The molecule has 0 saturated heterocycles. The molecule has 2 rings (SSSR count). The van der Waals surface area contributed by atoms with E-state index < -0.39 is 0 Å². The van der Waals surface area contributed by atoms with Gasteiger partial charge in [-0.25, -0.2) is 4.99 Å². The molecule has 0 radical (unpaired) electrons. The van der Waals surface area contributed by atoms with E-state index in [1.165, 1.54) is 0 Å². The Bertz CT molecular complexity index is 674. The minimum atomic E-state index is -0.321. The van der Waals surface area contributed by atoms with E-state index in [4.69, 9.17) is 0 Å². The van der Waals surface area contributed by atoms with Gasteiger partial charge >= 0.3 is 0 Å². The Morgan fingerprint density at radius 3 is 2.42 bits per heavy atom. The summed E-state index contributed by atoms with van der Waals surface area (Å²) in [6, 6.07) is 15.9. The van der Waals surface area contributed by atoms with Gasteiger partial charge in [0.25, 0.3) is 5.91 Å². The second-order valence-corrected chi connectivity index (χ2v) is 5.36. The summed E-state index contributed by atoms with van der Waals surface area (Å²) in [4.78, 5) is 19.7. The maximum Gasteiger partial charge on any atom is 0.286 e. The van der Waals surface area contributed by atoms with Crippen molar-refractivity contribution in [2.24, 2.45) is 9.98 Å².